The van der Waals surface area contributed by atoms with Crippen LogP contribution < -0.4 is 10.2 Å². The minimum atomic E-state index is -3.67. The van der Waals surface area contributed by atoms with Gasteiger partial charge in [-0.1, -0.05) is 29.8 Å². The van der Waals surface area contributed by atoms with Crippen LogP contribution in [0, 0.1) is 0 Å². The van der Waals surface area contributed by atoms with Crippen LogP contribution >= 0.6 is 11.6 Å². The molecule has 0 aliphatic heterocycles. The van der Waals surface area contributed by atoms with Gasteiger partial charge in [-0.2, -0.15) is 5.10 Å². The second kappa shape index (κ2) is 9.18. The Balaban J connectivity index is 1.49. The molecule has 0 amide bonds. The van der Waals surface area contributed by atoms with Gasteiger partial charge in [-0.15, -0.1) is 0 Å². The third-order valence-electron chi connectivity index (χ3n) is 5.60. The Kier molecular flexibility index (Phi) is 6.06. The average molecular weight is 506 g/mol. The number of aryl methyl sites for hydroxylation is 1. The number of nitrogens with zero attached hydrogens (tertiary/aromatic N) is 4. The van der Waals surface area contributed by atoms with E-state index in [9.17, 15) is 13.2 Å². The molecular weight excluding hydrogens is 486 g/mol. The molecule has 2 aromatic carbocycles. The molecule has 3 aromatic heterocycles. The van der Waals surface area contributed by atoms with E-state index in [1.54, 1.807) is 59.5 Å². The molecule has 3 heterocycles. The van der Waals surface area contributed by atoms with Crippen LogP contribution in [-0.2, 0) is 29.4 Å². The van der Waals surface area contributed by atoms with Crippen molar-refractivity contribution in [2.45, 2.75) is 12.3 Å². The van der Waals surface area contributed by atoms with E-state index in [1.807, 2.05) is 19.3 Å². The first-order valence-electron chi connectivity index (χ1n) is 10.7. The van der Waals surface area contributed by atoms with E-state index < -0.39 is 10.0 Å². The topological polar surface area (TPSA) is 107 Å². The van der Waals surface area contributed by atoms with Crippen molar-refractivity contribution in [3.05, 3.63) is 99.8 Å². The third kappa shape index (κ3) is 5.07. The molecule has 5 rings (SSSR count). The zero-order chi connectivity index (χ0) is 24.6. The molecule has 8 nitrogen and oxygen atoms in total. The molecule has 35 heavy (non-hydrogen) atoms. The summed E-state index contributed by atoms with van der Waals surface area (Å²) in [5.41, 5.74) is 3.03. The molecular formula is C25H20ClN5O3S. The van der Waals surface area contributed by atoms with Gasteiger partial charge in [0.2, 0.25) is 10.0 Å². The highest BCUT2D eigenvalue weighted by Crippen LogP contribution is 2.22. The van der Waals surface area contributed by atoms with Crippen LogP contribution in [0.25, 0.3) is 32.8 Å². The second-order valence-corrected chi connectivity index (χ2v) is 10.4. The lowest BCUT2D eigenvalue weighted by atomic mass is 10.1. The van der Waals surface area contributed by atoms with Gasteiger partial charge in [0.1, 0.15) is 0 Å². The molecule has 176 valence electrons. The average Bonchev–Trinajstić information content (AvgIpc) is 3.23. The van der Waals surface area contributed by atoms with Crippen LogP contribution in [0.1, 0.15) is 11.3 Å². The summed E-state index contributed by atoms with van der Waals surface area (Å²) < 4.78 is 29.6. The molecule has 0 aliphatic carbocycles. The predicted octanol–water partition coefficient (Wildman–Crippen LogP) is 3.82. The maximum Gasteiger partial charge on any atom is 0.216 e. The van der Waals surface area contributed by atoms with Gasteiger partial charge < -0.3 is 0 Å². The summed E-state index contributed by atoms with van der Waals surface area (Å²) in [5, 5.41) is 6.24. The molecule has 1 N–H and O–H groups in total. The molecule has 0 atom stereocenters. The molecule has 0 unspecified atom stereocenters. The molecule has 0 radical (unpaired) electrons. The molecule has 0 saturated heterocycles. The summed E-state index contributed by atoms with van der Waals surface area (Å²) in [6.45, 7) is 0.0439. The van der Waals surface area contributed by atoms with Crippen LogP contribution in [0.15, 0.2) is 78.1 Å². The minimum Gasteiger partial charge on any atom is -0.289 e. The zero-order valence-corrected chi connectivity index (χ0v) is 20.2. The highest BCUT2D eigenvalue weighted by Gasteiger charge is 2.14. The van der Waals surface area contributed by atoms with E-state index >= 15 is 0 Å². The SMILES string of the molecule is Cn1cc(-c2cnc3ccc4ccc(CS(=O)(=O)NCc5ccc(Cl)cn5)cc4c(=O)c3c2)cn1. The summed E-state index contributed by atoms with van der Waals surface area (Å²) in [4.78, 5) is 22.1. The lowest BCUT2D eigenvalue weighted by Crippen LogP contribution is -2.25. The van der Waals surface area contributed by atoms with E-state index in [-0.39, 0.29) is 17.7 Å². The van der Waals surface area contributed by atoms with Gasteiger partial charge in [0.25, 0.3) is 0 Å². The number of halogens is 1. The zero-order valence-electron chi connectivity index (χ0n) is 18.6. The summed E-state index contributed by atoms with van der Waals surface area (Å²) in [7, 11) is -1.85. The first-order valence-corrected chi connectivity index (χ1v) is 12.7. The van der Waals surface area contributed by atoms with Crippen molar-refractivity contribution < 1.29 is 8.42 Å². The Labute approximate surface area is 206 Å². The number of rotatable bonds is 6. The Morgan fingerprint density at radius 3 is 2.51 bits per heavy atom. The highest BCUT2D eigenvalue weighted by atomic mass is 35.5. The number of nitrogens with one attached hydrogen (secondary N) is 1. The van der Waals surface area contributed by atoms with E-state index in [1.165, 1.54) is 6.20 Å². The first-order chi connectivity index (χ1) is 16.8. The smallest absolute Gasteiger partial charge is 0.216 e. The number of hydrogen-bond donors (Lipinski definition) is 1. The molecule has 5 aromatic rings. The van der Waals surface area contributed by atoms with Crippen LogP contribution in [0.3, 0.4) is 0 Å². The van der Waals surface area contributed by atoms with E-state index in [2.05, 4.69) is 19.8 Å². The fourth-order valence-electron chi connectivity index (χ4n) is 3.83. The van der Waals surface area contributed by atoms with Gasteiger partial charge in [-0.3, -0.25) is 19.4 Å². The number of fused-ring (bicyclic) bond motifs is 2. The molecule has 0 fully saturated rings. The first kappa shape index (κ1) is 23.1. The monoisotopic (exact) mass is 505 g/mol. The standard InChI is InChI=1S/C25H20ClN5O3S/c1-31-14-19(11-29-31)18-9-23-24(28-10-18)7-4-17-3-2-16(8-22(17)25(23)32)15-35(33,34)30-13-21-6-5-20(26)12-27-21/h2-12,14,30H,13,15H2,1H3. The van der Waals surface area contributed by atoms with Crippen LogP contribution in [0.4, 0.5) is 0 Å². The molecule has 0 bridgehead atoms. The molecule has 0 saturated carbocycles. The van der Waals surface area contributed by atoms with Crippen LogP contribution in [0.5, 0.6) is 0 Å². The van der Waals surface area contributed by atoms with Crippen molar-refractivity contribution in [2.75, 3.05) is 0 Å². The summed E-state index contributed by atoms with van der Waals surface area (Å²) in [6.07, 6.45) is 6.74. The van der Waals surface area contributed by atoms with Gasteiger partial charge in [-0.25, -0.2) is 13.1 Å². The lowest BCUT2D eigenvalue weighted by Gasteiger charge is -2.07. The van der Waals surface area contributed by atoms with E-state index in [4.69, 9.17) is 11.6 Å². The fourth-order valence-corrected chi connectivity index (χ4v) is 5.03. The van der Waals surface area contributed by atoms with E-state index in [0.29, 0.717) is 38.0 Å². The fraction of sp³-hybridized carbons (Fsp3) is 0.120. The molecule has 0 aliphatic rings. The Hall–Kier alpha value is -3.66. The number of benzene rings is 1. The van der Waals surface area contributed by atoms with E-state index in [0.717, 1.165) is 11.1 Å². The summed E-state index contributed by atoms with van der Waals surface area (Å²) in [6, 6.07) is 13.8. The van der Waals surface area contributed by atoms with Crippen molar-refractivity contribution in [2.24, 2.45) is 7.05 Å². The third-order valence-corrected chi connectivity index (χ3v) is 7.12. The minimum absolute atomic E-state index is 0.0439. The quantitative estimate of drug-likeness (QED) is 0.376. The normalized spacial score (nSPS) is 11.8. The Morgan fingerprint density at radius 2 is 1.77 bits per heavy atom. The van der Waals surface area contributed by atoms with Crippen molar-refractivity contribution in [3.63, 3.8) is 0 Å². The number of sulfonamides is 1. The Bertz CT molecular complexity index is 1730. The number of aromatic nitrogens is 4. The lowest BCUT2D eigenvalue weighted by molar-refractivity contribution is 0.579. The second-order valence-electron chi connectivity index (χ2n) is 8.19. The summed E-state index contributed by atoms with van der Waals surface area (Å²) >= 11 is 5.82. The van der Waals surface area contributed by atoms with Crippen LogP contribution in [-0.4, -0.2) is 28.2 Å². The van der Waals surface area contributed by atoms with Crippen molar-refractivity contribution in [3.8, 4) is 11.1 Å². The largest absolute Gasteiger partial charge is 0.289 e. The van der Waals surface area contributed by atoms with Crippen molar-refractivity contribution in [1.29, 1.82) is 0 Å². The molecule has 10 heteroatoms. The van der Waals surface area contributed by atoms with Crippen molar-refractivity contribution in [1.82, 2.24) is 24.5 Å². The van der Waals surface area contributed by atoms with Gasteiger partial charge in [0.05, 0.1) is 34.7 Å². The Morgan fingerprint density at radius 1 is 0.943 bits per heavy atom. The maximum atomic E-state index is 13.5. The number of hydrogen-bond acceptors (Lipinski definition) is 6. The van der Waals surface area contributed by atoms with Gasteiger partial charge >= 0.3 is 0 Å². The van der Waals surface area contributed by atoms with Crippen molar-refractivity contribution >= 4 is 43.3 Å². The maximum absolute atomic E-state index is 13.5. The highest BCUT2D eigenvalue weighted by molar-refractivity contribution is 7.88. The van der Waals surface area contributed by atoms with Crippen LogP contribution in [0.2, 0.25) is 5.02 Å². The van der Waals surface area contributed by atoms with Gasteiger partial charge in [0, 0.05) is 47.5 Å². The predicted molar refractivity (Wildman–Crippen MR) is 136 cm³/mol. The van der Waals surface area contributed by atoms with Gasteiger partial charge in [-0.05, 0) is 41.3 Å². The van der Waals surface area contributed by atoms with Gasteiger partial charge in [0.15, 0.2) is 5.43 Å². The molecule has 0 spiro atoms. The summed E-state index contributed by atoms with van der Waals surface area (Å²) in [5.74, 6) is -0.272. The number of pyridine rings is 2.